The number of aromatic nitrogens is 7. The number of ether oxygens (including phenoxy) is 1. The third-order valence-electron chi connectivity index (χ3n) is 6.28. The van der Waals surface area contributed by atoms with Crippen molar-refractivity contribution in [3.63, 3.8) is 0 Å². The van der Waals surface area contributed by atoms with Gasteiger partial charge in [-0.3, -0.25) is 4.98 Å². The first-order valence-corrected chi connectivity index (χ1v) is 11.5. The lowest BCUT2D eigenvalue weighted by atomic mass is 10.2. The number of pyridine rings is 1. The van der Waals surface area contributed by atoms with Crippen molar-refractivity contribution in [3.8, 4) is 17.3 Å². The van der Waals surface area contributed by atoms with Crippen LogP contribution in [0.2, 0.25) is 0 Å². The Labute approximate surface area is 190 Å². The Hall–Kier alpha value is -3.37. The fourth-order valence-corrected chi connectivity index (χ4v) is 4.39. The molecule has 5 heterocycles. The number of imidazole rings is 1. The molecule has 0 bridgehead atoms. The Kier molecular flexibility index (Phi) is 5.03. The number of morpholine rings is 1. The van der Waals surface area contributed by atoms with Gasteiger partial charge >= 0.3 is 0 Å². The average Bonchev–Trinajstić information content (AvgIpc) is 3.52. The first kappa shape index (κ1) is 20.3. The molecule has 2 aliphatic rings. The summed E-state index contributed by atoms with van der Waals surface area (Å²) in [6.07, 6.45) is 5.81. The van der Waals surface area contributed by atoms with E-state index in [-0.39, 0.29) is 6.61 Å². The van der Waals surface area contributed by atoms with Gasteiger partial charge in [-0.15, -0.1) is 0 Å². The molecule has 0 atom stereocenters. The fourth-order valence-electron chi connectivity index (χ4n) is 4.39. The summed E-state index contributed by atoms with van der Waals surface area (Å²) >= 11 is 0. The minimum absolute atomic E-state index is 0.122. The zero-order valence-electron chi connectivity index (χ0n) is 18.6. The smallest absolute Gasteiger partial charge is 0.254 e. The number of nitrogens with zero attached hydrogens (tertiary/aromatic N) is 8. The van der Waals surface area contributed by atoms with E-state index < -0.39 is 0 Å². The van der Waals surface area contributed by atoms with Gasteiger partial charge in [0.2, 0.25) is 0 Å². The molecule has 1 saturated carbocycles. The normalized spacial score (nSPS) is 16.6. The van der Waals surface area contributed by atoms with Crippen LogP contribution in [0.5, 0.6) is 0 Å². The van der Waals surface area contributed by atoms with E-state index in [0.29, 0.717) is 37.3 Å². The van der Waals surface area contributed by atoms with Gasteiger partial charge in [-0.2, -0.15) is 15.1 Å². The van der Waals surface area contributed by atoms with E-state index in [1.807, 2.05) is 18.2 Å². The number of hydrogen-bond acceptors (Lipinski definition) is 8. The van der Waals surface area contributed by atoms with Crippen molar-refractivity contribution in [2.24, 2.45) is 0 Å². The quantitative estimate of drug-likeness (QED) is 0.481. The molecule has 4 aromatic rings. The molecule has 1 aliphatic heterocycles. The van der Waals surface area contributed by atoms with Crippen LogP contribution in [0.15, 0.2) is 30.6 Å². The standard InChI is InChI=1S/C23H26N8O2/c1-2-30-20(16-5-7-24-8-6-16)25-19-21(29-9-11-33-12-10-29)26-23(27-22(19)30)31-17(14-32)13-18(28-31)15-3-4-15/h5-8,13,15,32H,2-4,9-12,14H2,1H3. The van der Waals surface area contributed by atoms with Crippen molar-refractivity contribution in [2.45, 2.75) is 38.8 Å². The van der Waals surface area contributed by atoms with Crippen LogP contribution in [-0.2, 0) is 17.9 Å². The summed E-state index contributed by atoms with van der Waals surface area (Å²) in [5, 5.41) is 14.8. The minimum Gasteiger partial charge on any atom is -0.390 e. The van der Waals surface area contributed by atoms with E-state index in [0.717, 1.165) is 60.0 Å². The molecule has 1 aliphatic carbocycles. The predicted molar refractivity (Wildman–Crippen MR) is 122 cm³/mol. The molecule has 0 radical (unpaired) electrons. The summed E-state index contributed by atoms with van der Waals surface area (Å²) in [5.74, 6) is 2.53. The van der Waals surface area contributed by atoms with Crippen molar-refractivity contribution in [1.29, 1.82) is 0 Å². The van der Waals surface area contributed by atoms with Gasteiger partial charge in [-0.1, -0.05) is 0 Å². The summed E-state index contributed by atoms with van der Waals surface area (Å²) in [5.41, 5.74) is 4.18. The van der Waals surface area contributed by atoms with Gasteiger partial charge in [0.25, 0.3) is 5.95 Å². The number of aryl methyl sites for hydroxylation is 1. The highest BCUT2D eigenvalue weighted by Gasteiger charge is 2.29. The molecule has 10 heteroatoms. The Bertz CT molecular complexity index is 1290. The molecule has 170 valence electrons. The molecule has 4 aromatic heterocycles. The minimum atomic E-state index is -0.122. The van der Waals surface area contributed by atoms with Crippen LogP contribution >= 0.6 is 0 Å². The lowest BCUT2D eigenvalue weighted by Crippen LogP contribution is -2.37. The van der Waals surface area contributed by atoms with E-state index in [4.69, 9.17) is 24.8 Å². The van der Waals surface area contributed by atoms with Gasteiger partial charge in [-0.05, 0) is 38.0 Å². The van der Waals surface area contributed by atoms with E-state index >= 15 is 0 Å². The zero-order valence-corrected chi connectivity index (χ0v) is 18.6. The van der Waals surface area contributed by atoms with Crippen LogP contribution in [0.1, 0.15) is 37.1 Å². The number of rotatable bonds is 6. The zero-order chi connectivity index (χ0) is 22.4. The summed E-state index contributed by atoms with van der Waals surface area (Å²) < 4.78 is 9.36. The van der Waals surface area contributed by atoms with Gasteiger partial charge in [0, 0.05) is 43.5 Å². The van der Waals surface area contributed by atoms with Crippen molar-refractivity contribution in [2.75, 3.05) is 31.2 Å². The number of aliphatic hydroxyl groups excluding tert-OH is 1. The number of aliphatic hydroxyl groups is 1. The Morgan fingerprint density at radius 2 is 1.88 bits per heavy atom. The molecular formula is C23H26N8O2. The van der Waals surface area contributed by atoms with Gasteiger partial charge in [-0.25, -0.2) is 9.67 Å². The Morgan fingerprint density at radius 1 is 1.09 bits per heavy atom. The van der Waals surface area contributed by atoms with E-state index in [1.165, 1.54) is 0 Å². The van der Waals surface area contributed by atoms with Crippen molar-refractivity contribution in [3.05, 3.63) is 42.0 Å². The van der Waals surface area contributed by atoms with E-state index in [9.17, 15) is 5.11 Å². The van der Waals surface area contributed by atoms with Crippen molar-refractivity contribution >= 4 is 17.0 Å². The average molecular weight is 447 g/mol. The molecule has 6 rings (SSSR count). The Balaban J connectivity index is 1.58. The van der Waals surface area contributed by atoms with Gasteiger partial charge in [0.1, 0.15) is 5.82 Å². The lowest BCUT2D eigenvalue weighted by Gasteiger charge is -2.28. The second-order valence-electron chi connectivity index (χ2n) is 8.44. The Morgan fingerprint density at radius 3 is 2.58 bits per heavy atom. The predicted octanol–water partition coefficient (Wildman–Crippen LogP) is 2.30. The molecule has 1 saturated heterocycles. The van der Waals surface area contributed by atoms with Crippen LogP contribution in [0, 0.1) is 0 Å². The molecule has 0 aromatic carbocycles. The lowest BCUT2D eigenvalue weighted by molar-refractivity contribution is 0.122. The van der Waals surface area contributed by atoms with E-state index in [1.54, 1.807) is 17.1 Å². The maximum absolute atomic E-state index is 10.0. The van der Waals surface area contributed by atoms with Crippen LogP contribution in [0.3, 0.4) is 0 Å². The molecule has 0 amide bonds. The molecule has 10 nitrogen and oxygen atoms in total. The molecule has 0 spiro atoms. The first-order chi connectivity index (χ1) is 16.3. The molecule has 33 heavy (non-hydrogen) atoms. The third kappa shape index (κ3) is 3.55. The molecule has 1 N–H and O–H groups in total. The highest BCUT2D eigenvalue weighted by molar-refractivity contribution is 5.87. The summed E-state index contributed by atoms with van der Waals surface area (Å²) in [6, 6.07) is 5.88. The molecule has 2 fully saturated rings. The van der Waals surface area contributed by atoms with Gasteiger partial charge in [0.05, 0.1) is 31.2 Å². The number of hydrogen-bond donors (Lipinski definition) is 1. The first-order valence-electron chi connectivity index (χ1n) is 11.5. The highest BCUT2D eigenvalue weighted by Crippen LogP contribution is 2.40. The highest BCUT2D eigenvalue weighted by atomic mass is 16.5. The summed E-state index contributed by atoms with van der Waals surface area (Å²) in [6.45, 7) is 5.41. The number of fused-ring (bicyclic) bond motifs is 1. The van der Waals surface area contributed by atoms with Crippen molar-refractivity contribution in [1.82, 2.24) is 34.3 Å². The summed E-state index contributed by atoms with van der Waals surface area (Å²) in [4.78, 5) is 21.2. The van der Waals surface area contributed by atoms with E-state index in [2.05, 4.69) is 21.4 Å². The van der Waals surface area contributed by atoms with Crippen molar-refractivity contribution < 1.29 is 9.84 Å². The van der Waals surface area contributed by atoms with Crippen LogP contribution in [-0.4, -0.2) is 65.7 Å². The molecule has 0 unspecified atom stereocenters. The maximum atomic E-state index is 10.0. The van der Waals surface area contributed by atoms with Crippen LogP contribution in [0.25, 0.3) is 28.5 Å². The van der Waals surface area contributed by atoms with Crippen LogP contribution in [0.4, 0.5) is 5.82 Å². The second kappa shape index (κ2) is 8.20. The summed E-state index contributed by atoms with van der Waals surface area (Å²) in [7, 11) is 0. The third-order valence-corrected chi connectivity index (χ3v) is 6.28. The monoisotopic (exact) mass is 446 g/mol. The topological polar surface area (TPSA) is 107 Å². The maximum Gasteiger partial charge on any atom is 0.254 e. The van der Waals surface area contributed by atoms with Crippen LogP contribution < -0.4 is 4.90 Å². The SMILES string of the molecule is CCn1c(-c2ccncc2)nc2c(N3CCOCC3)nc(-n3nc(C4CC4)cc3CO)nc21. The van der Waals surface area contributed by atoms with Gasteiger partial charge < -0.3 is 19.3 Å². The number of anilines is 1. The molecular weight excluding hydrogens is 420 g/mol. The fraction of sp³-hybridized carbons (Fsp3) is 0.435. The van der Waals surface area contributed by atoms with Gasteiger partial charge in [0.15, 0.2) is 17.0 Å². The largest absolute Gasteiger partial charge is 0.390 e. The second-order valence-corrected chi connectivity index (χ2v) is 8.44.